The second-order valence-electron chi connectivity index (χ2n) is 7.84. The maximum Gasteiger partial charge on any atom is 0.0547 e. The number of nitrogens with one attached hydrogen (secondary N) is 2. The van der Waals surface area contributed by atoms with Crippen LogP contribution in [0.4, 0.5) is 0 Å². The lowest BCUT2D eigenvalue weighted by molar-refractivity contribution is 1.18. The topological polar surface area (TPSA) is 52.6 Å². The van der Waals surface area contributed by atoms with Crippen molar-refractivity contribution in [2.45, 2.75) is 0 Å². The van der Waals surface area contributed by atoms with Gasteiger partial charge < -0.3 is 15.4 Å². The highest BCUT2D eigenvalue weighted by Crippen LogP contribution is 2.40. The number of fused-ring (bicyclic) bond motifs is 7. The molecular formula is C28H19N3. The van der Waals surface area contributed by atoms with Gasteiger partial charge in [0.2, 0.25) is 0 Å². The van der Waals surface area contributed by atoms with E-state index in [-0.39, 0.29) is 0 Å². The van der Waals surface area contributed by atoms with Gasteiger partial charge in [0.05, 0.1) is 11.0 Å². The quantitative estimate of drug-likeness (QED) is 0.300. The lowest BCUT2D eigenvalue weighted by atomic mass is 10.00. The van der Waals surface area contributed by atoms with Crippen LogP contribution in [-0.2, 0) is 0 Å². The first-order valence-corrected chi connectivity index (χ1v) is 10.3. The molecule has 0 fully saturated rings. The normalized spacial score (nSPS) is 11.5. The molecule has 5 aromatic carbocycles. The number of benzene rings is 5. The molecular weight excluding hydrogens is 378 g/mol. The number of aromatic nitrogens is 1. The van der Waals surface area contributed by atoms with E-state index in [4.69, 9.17) is 10.8 Å². The summed E-state index contributed by atoms with van der Waals surface area (Å²) in [6, 6.07) is 31.7. The van der Waals surface area contributed by atoms with Gasteiger partial charge in [-0.25, -0.2) is 0 Å². The molecule has 6 rings (SSSR count). The van der Waals surface area contributed by atoms with E-state index >= 15 is 0 Å². The zero-order chi connectivity index (χ0) is 20.9. The molecule has 0 atom stereocenters. The molecule has 146 valence electrons. The van der Waals surface area contributed by atoms with Gasteiger partial charge >= 0.3 is 0 Å². The summed E-state index contributed by atoms with van der Waals surface area (Å²) in [7, 11) is 0. The Kier molecular flexibility index (Phi) is 3.77. The van der Waals surface area contributed by atoms with E-state index in [1.165, 1.54) is 44.7 Å². The van der Waals surface area contributed by atoms with Crippen molar-refractivity contribution in [3.63, 3.8) is 0 Å². The Balaban J connectivity index is 1.89. The van der Waals surface area contributed by atoms with Crippen molar-refractivity contribution >= 4 is 55.8 Å². The molecule has 0 unspecified atom stereocenters. The van der Waals surface area contributed by atoms with Crippen LogP contribution in [-0.4, -0.2) is 17.0 Å². The van der Waals surface area contributed by atoms with Crippen LogP contribution in [0.15, 0.2) is 91.0 Å². The SMILES string of the molecule is N=Cc1cc(C=N)cc(-n2c3ccc4ccccc4c3c3c4ccccc4ccc32)c1. The second kappa shape index (κ2) is 6.64. The molecule has 2 N–H and O–H groups in total. The van der Waals surface area contributed by atoms with Crippen molar-refractivity contribution in [2.75, 3.05) is 0 Å². The highest BCUT2D eigenvalue weighted by molar-refractivity contribution is 6.28. The fraction of sp³-hybridized carbons (Fsp3) is 0. The van der Waals surface area contributed by atoms with Crippen LogP contribution in [0.3, 0.4) is 0 Å². The van der Waals surface area contributed by atoms with E-state index in [1.54, 1.807) is 0 Å². The van der Waals surface area contributed by atoms with Crippen molar-refractivity contribution in [1.82, 2.24) is 4.57 Å². The minimum atomic E-state index is 0.785. The van der Waals surface area contributed by atoms with Crippen molar-refractivity contribution in [3.05, 3.63) is 102 Å². The fourth-order valence-electron chi connectivity index (χ4n) is 4.78. The van der Waals surface area contributed by atoms with Gasteiger partial charge in [-0.3, -0.25) is 0 Å². The summed E-state index contributed by atoms with van der Waals surface area (Å²) in [6.45, 7) is 0. The maximum absolute atomic E-state index is 7.77. The summed E-state index contributed by atoms with van der Waals surface area (Å²) in [4.78, 5) is 0. The van der Waals surface area contributed by atoms with E-state index in [9.17, 15) is 0 Å². The number of rotatable bonds is 3. The minimum absolute atomic E-state index is 0.785. The Hall–Kier alpha value is -4.24. The predicted octanol–water partition coefficient (Wildman–Crippen LogP) is 7.09. The molecule has 1 heterocycles. The Morgan fingerprint density at radius 3 is 1.52 bits per heavy atom. The maximum atomic E-state index is 7.77. The first-order valence-electron chi connectivity index (χ1n) is 10.3. The molecule has 1 aromatic heterocycles. The van der Waals surface area contributed by atoms with Gasteiger partial charge in [-0.2, -0.15) is 0 Å². The average Bonchev–Trinajstić information content (AvgIpc) is 3.19. The van der Waals surface area contributed by atoms with E-state index in [1.807, 2.05) is 18.2 Å². The van der Waals surface area contributed by atoms with E-state index in [0.717, 1.165) is 27.8 Å². The molecule has 0 spiro atoms. The van der Waals surface area contributed by atoms with Crippen LogP contribution in [0, 0.1) is 10.8 Å². The summed E-state index contributed by atoms with van der Waals surface area (Å²) in [6.07, 6.45) is 2.68. The third kappa shape index (κ3) is 2.53. The van der Waals surface area contributed by atoms with Crippen LogP contribution < -0.4 is 0 Å². The van der Waals surface area contributed by atoms with Gasteiger partial charge in [-0.1, -0.05) is 60.7 Å². The number of hydrogen-bond acceptors (Lipinski definition) is 2. The summed E-state index contributed by atoms with van der Waals surface area (Å²) in [5.74, 6) is 0. The molecule has 0 saturated heterocycles. The monoisotopic (exact) mass is 397 g/mol. The van der Waals surface area contributed by atoms with Crippen LogP contribution in [0.5, 0.6) is 0 Å². The molecule has 0 aliphatic carbocycles. The minimum Gasteiger partial charge on any atom is -0.309 e. The Morgan fingerprint density at radius 1 is 0.548 bits per heavy atom. The zero-order valence-electron chi connectivity index (χ0n) is 16.8. The number of nitrogens with zero attached hydrogens (tertiary/aromatic N) is 1. The molecule has 0 aliphatic rings. The summed E-state index contributed by atoms with van der Waals surface area (Å²) in [5, 5.41) is 22.9. The largest absolute Gasteiger partial charge is 0.309 e. The lowest BCUT2D eigenvalue weighted by Gasteiger charge is -2.11. The number of hydrogen-bond donors (Lipinski definition) is 2. The standard InChI is InChI=1S/C28H19N3/c29-16-18-13-19(17-30)15-22(14-18)31-25-11-9-20-5-1-3-7-23(20)27(25)28-24-8-4-2-6-21(24)10-12-26(28)31/h1-17,29-30H. The highest BCUT2D eigenvalue weighted by Gasteiger charge is 2.17. The van der Waals surface area contributed by atoms with Crippen LogP contribution in [0.25, 0.3) is 49.0 Å². The molecule has 3 heteroatoms. The average molecular weight is 397 g/mol. The lowest BCUT2D eigenvalue weighted by Crippen LogP contribution is -1.97. The van der Waals surface area contributed by atoms with Crippen LogP contribution in [0.1, 0.15) is 11.1 Å². The van der Waals surface area contributed by atoms with Crippen molar-refractivity contribution in [2.24, 2.45) is 0 Å². The van der Waals surface area contributed by atoms with Crippen LogP contribution in [0.2, 0.25) is 0 Å². The van der Waals surface area contributed by atoms with Crippen LogP contribution >= 0.6 is 0 Å². The van der Waals surface area contributed by atoms with Crippen molar-refractivity contribution < 1.29 is 0 Å². The predicted molar refractivity (Wildman–Crippen MR) is 132 cm³/mol. The summed E-state index contributed by atoms with van der Waals surface area (Å²) >= 11 is 0. The van der Waals surface area contributed by atoms with Gasteiger partial charge in [-0.05, 0) is 63.0 Å². The van der Waals surface area contributed by atoms with Gasteiger partial charge in [0.15, 0.2) is 0 Å². The third-order valence-electron chi connectivity index (χ3n) is 6.10. The van der Waals surface area contributed by atoms with Crippen molar-refractivity contribution in [3.8, 4) is 5.69 Å². The summed E-state index contributed by atoms with van der Waals surface area (Å²) < 4.78 is 2.27. The molecule has 6 aromatic rings. The highest BCUT2D eigenvalue weighted by atomic mass is 15.0. The molecule has 0 radical (unpaired) electrons. The summed E-state index contributed by atoms with van der Waals surface area (Å²) in [5.41, 5.74) is 4.79. The van der Waals surface area contributed by atoms with E-state index in [0.29, 0.717) is 0 Å². The Morgan fingerprint density at radius 2 is 1.03 bits per heavy atom. The molecule has 0 amide bonds. The zero-order valence-corrected chi connectivity index (χ0v) is 16.8. The smallest absolute Gasteiger partial charge is 0.0547 e. The molecule has 3 nitrogen and oxygen atoms in total. The van der Waals surface area contributed by atoms with Gasteiger partial charge in [0, 0.05) is 28.9 Å². The Bertz CT molecular complexity index is 1550. The van der Waals surface area contributed by atoms with Gasteiger partial charge in [-0.15, -0.1) is 0 Å². The van der Waals surface area contributed by atoms with Gasteiger partial charge in [0.1, 0.15) is 0 Å². The van der Waals surface area contributed by atoms with Gasteiger partial charge in [0.25, 0.3) is 0 Å². The first-order chi connectivity index (χ1) is 15.3. The van der Waals surface area contributed by atoms with E-state index < -0.39 is 0 Å². The van der Waals surface area contributed by atoms with E-state index in [2.05, 4.69) is 77.4 Å². The molecule has 0 bridgehead atoms. The van der Waals surface area contributed by atoms with Crippen molar-refractivity contribution in [1.29, 1.82) is 10.8 Å². The first kappa shape index (κ1) is 17.6. The third-order valence-corrected chi connectivity index (χ3v) is 6.10. The molecule has 31 heavy (non-hydrogen) atoms. The fourth-order valence-corrected chi connectivity index (χ4v) is 4.78. The molecule has 0 aliphatic heterocycles. The molecule has 0 saturated carbocycles. The Labute approximate surface area is 179 Å². The second-order valence-corrected chi connectivity index (χ2v) is 7.84.